The normalized spacial score (nSPS) is 12.4. The third-order valence-corrected chi connectivity index (χ3v) is 10.3. The second-order valence-corrected chi connectivity index (χ2v) is 15.1. The summed E-state index contributed by atoms with van der Waals surface area (Å²) in [6, 6.07) is 63.5. The number of allylic oxidation sites excluding steroid dienone is 1. The zero-order valence-electron chi connectivity index (χ0n) is 31.4. The smallest absolute Gasteiger partial charge is 0.0467 e. The molecule has 0 saturated heterocycles. The Hall–Kier alpha value is -6.38. The minimum atomic E-state index is 0.104. The number of benzene rings is 7. The van der Waals surface area contributed by atoms with Gasteiger partial charge in [0.05, 0.1) is 0 Å². The lowest BCUT2D eigenvalue weighted by Gasteiger charge is -2.28. The van der Waals surface area contributed by atoms with Crippen LogP contribution in [-0.2, 0) is 11.8 Å². The van der Waals surface area contributed by atoms with Crippen LogP contribution in [0.4, 0.5) is 34.1 Å². The van der Waals surface area contributed by atoms with Crippen LogP contribution in [0, 0.1) is 0 Å². The molecule has 1 aliphatic rings. The molecule has 0 amide bonds. The lowest BCUT2D eigenvalue weighted by atomic mass is 9.87. The van der Waals surface area contributed by atoms with Crippen LogP contribution in [0.25, 0.3) is 29.4 Å². The van der Waals surface area contributed by atoms with Crippen molar-refractivity contribution in [3.8, 4) is 11.1 Å². The molecule has 0 spiro atoms. The molecular formula is C52H46N2. The molecule has 0 aliphatic heterocycles. The Labute approximate surface area is 321 Å². The van der Waals surface area contributed by atoms with Gasteiger partial charge in [0, 0.05) is 34.1 Å². The number of nitrogens with zero attached hydrogens (tertiary/aromatic N) is 2. The van der Waals surface area contributed by atoms with E-state index in [2.05, 4.69) is 231 Å². The SMILES string of the molecule is CC(C)(C)c1ccc(N(c2ccc(-c3ccc(/C=C/c4ccc(N(c5ccccc5)c5ccccc5)cc4)cc3)cc2)c2ccc3c(c2)C=CCC3)cc1. The van der Waals surface area contributed by atoms with Gasteiger partial charge in [-0.2, -0.15) is 0 Å². The molecule has 1 aliphatic carbocycles. The summed E-state index contributed by atoms with van der Waals surface area (Å²) in [5.41, 5.74) is 15.8. The van der Waals surface area contributed by atoms with E-state index in [0.29, 0.717) is 0 Å². The molecule has 2 nitrogen and oxygen atoms in total. The summed E-state index contributed by atoms with van der Waals surface area (Å²) in [4.78, 5) is 4.66. The van der Waals surface area contributed by atoms with Crippen LogP contribution in [0.3, 0.4) is 0 Å². The number of anilines is 6. The van der Waals surface area contributed by atoms with E-state index in [1.54, 1.807) is 0 Å². The fraction of sp³-hybridized carbons (Fsp3) is 0.115. The fourth-order valence-electron chi connectivity index (χ4n) is 7.23. The van der Waals surface area contributed by atoms with Crippen molar-refractivity contribution in [1.29, 1.82) is 0 Å². The van der Waals surface area contributed by atoms with E-state index in [1.807, 2.05) is 0 Å². The third kappa shape index (κ3) is 7.70. The molecular weight excluding hydrogens is 653 g/mol. The average Bonchev–Trinajstić information content (AvgIpc) is 3.22. The first kappa shape index (κ1) is 34.7. The summed E-state index contributed by atoms with van der Waals surface area (Å²) >= 11 is 0. The Morgan fingerprint density at radius 2 is 0.870 bits per heavy atom. The van der Waals surface area contributed by atoms with Crippen molar-refractivity contribution in [3.05, 3.63) is 210 Å². The van der Waals surface area contributed by atoms with Gasteiger partial charge in [0.15, 0.2) is 0 Å². The van der Waals surface area contributed by atoms with Gasteiger partial charge >= 0.3 is 0 Å². The van der Waals surface area contributed by atoms with Crippen LogP contribution in [0.5, 0.6) is 0 Å². The highest BCUT2D eigenvalue weighted by atomic mass is 15.1. The Balaban J connectivity index is 1.00. The Kier molecular flexibility index (Phi) is 9.83. The zero-order valence-corrected chi connectivity index (χ0v) is 31.4. The lowest BCUT2D eigenvalue weighted by Crippen LogP contribution is -2.13. The summed E-state index contributed by atoms with van der Waals surface area (Å²) in [7, 11) is 0. The first-order valence-corrected chi connectivity index (χ1v) is 19.0. The van der Waals surface area contributed by atoms with Gasteiger partial charge in [0.25, 0.3) is 0 Å². The summed E-state index contributed by atoms with van der Waals surface area (Å²) < 4.78 is 0. The van der Waals surface area contributed by atoms with Crippen LogP contribution in [0.15, 0.2) is 182 Å². The molecule has 8 rings (SSSR count). The molecule has 0 fully saturated rings. The highest BCUT2D eigenvalue weighted by molar-refractivity contribution is 5.81. The molecule has 2 heteroatoms. The van der Waals surface area contributed by atoms with Crippen LogP contribution >= 0.6 is 0 Å². The van der Waals surface area contributed by atoms with Crippen molar-refractivity contribution < 1.29 is 0 Å². The summed E-state index contributed by atoms with van der Waals surface area (Å²) in [6.45, 7) is 6.80. The molecule has 0 unspecified atom stereocenters. The maximum atomic E-state index is 2.38. The molecule has 0 atom stereocenters. The number of rotatable bonds is 9. The fourth-order valence-corrected chi connectivity index (χ4v) is 7.23. The molecule has 7 aromatic carbocycles. The van der Waals surface area contributed by atoms with Crippen molar-refractivity contribution in [3.63, 3.8) is 0 Å². The van der Waals surface area contributed by atoms with Gasteiger partial charge in [-0.15, -0.1) is 0 Å². The number of para-hydroxylation sites is 2. The average molecular weight is 699 g/mol. The van der Waals surface area contributed by atoms with E-state index in [4.69, 9.17) is 0 Å². The lowest BCUT2D eigenvalue weighted by molar-refractivity contribution is 0.590. The van der Waals surface area contributed by atoms with Crippen molar-refractivity contribution in [2.24, 2.45) is 0 Å². The van der Waals surface area contributed by atoms with Crippen LogP contribution in [0.1, 0.15) is 55.0 Å². The molecule has 54 heavy (non-hydrogen) atoms. The predicted octanol–water partition coefficient (Wildman–Crippen LogP) is 14.7. The largest absolute Gasteiger partial charge is 0.311 e. The van der Waals surface area contributed by atoms with Gasteiger partial charge in [-0.25, -0.2) is 0 Å². The zero-order chi connectivity index (χ0) is 36.9. The molecule has 0 aromatic heterocycles. The van der Waals surface area contributed by atoms with Gasteiger partial charge in [-0.05, 0) is 130 Å². The monoisotopic (exact) mass is 698 g/mol. The molecule has 0 bridgehead atoms. The van der Waals surface area contributed by atoms with Crippen LogP contribution in [-0.4, -0.2) is 0 Å². The van der Waals surface area contributed by atoms with Gasteiger partial charge < -0.3 is 9.80 Å². The third-order valence-electron chi connectivity index (χ3n) is 10.3. The highest BCUT2D eigenvalue weighted by Gasteiger charge is 2.18. The summed E-state index contributed by atoms with van der Waals surface area (Å²) in [5, 5.41) is 0. The van der Waals surface area contributed by atoms with E-state index >= 15 is 0 Å². The van der Waals surface area contributed by atoms with Gasteiger partial charge in [0.1, 0.15) is 0 Å². The molecule has 0 heterocycles. The van der Waals surface area contributed by atoms with Crippen LogP contribution in [0.2, 0.25) is 0 Å². The van der Waals surface area contributed by atoms with Crippen molar-refractivity contribution in [2.45, 2.75) is 39.0 Å². The molecule has 0 N–H and O–H groups in total. The maximum absolute atomic E-state index is 2.38. The topological polar surface area (TPSA) is 6.48 Å². The van der Waals surface area contributed by atoms with Crippen molar-refractivity contribution in [2.75, 3.05) is 9.80 Å². The standard InChI is InChI=1S/C52H46N2/c1-52(2,3)45-29-36-50(37-30-45)54(51-35-28-41-12-10-11-13-44(41)38-51)49-33-26-43(27-34-49)42-24-20-39(21-25-42)18-19-40-22-31-48(32-23-40)53(46-14-6-4-7-15-46)47-16-8-5-9-17-47/h4-9,11,13-38H,10,12H2,1-3H3/b19-18+. The second kappa shape index (κ2) is 15.3. The first-order valence-electron chi connectivity index (χ1n) is 19.0. The minimum Gasteiger partial charge on any atom is -0.311 e. The minimum absolute atomic E-state index is 0.104. The Morgan fingerprint density at radius 3 is 1.41 bits per heavy atom. The van der Waals surface area contributed by atoms with Gasteiger partial charge in [0.2, 0.25) is 0 Å². The Bertz CT molecular complexity index is 2320. The number of hydrogen-bond acceptors (Lipinski definition) is 2. The first-order chi connectivity index (χ1) is 26.4. The van der Waals surface area contributed by atoms with E-state index < -0.39 is 0 Å². The van der Waals surface area contributed by atoms with Crippen molar-refractivity contribution >= 4 is 52.4 Å². The number of hydrogen-bond donors (Lipinski definition) is 0. The van der Waals surface area contributed by atoms with E-state index in [-0.39, 0.29) is 5.41 Å². The molecule has 264 valence electrons. The van der Waals surface area contributed by atoms with Crippen LogP contribution < -0.4 is 9.80 Å². The number of aryl methyl sites for hydroxylation is 1. The predicted molar refractivity (Wildman–Crippen MR) is 233 cm³/mol. The van der Waals surface area contributed by atoms with Gasteiger partial charge in [-0.1, -0.05) is 148 Å². The molecule has 0 saturated carbocycles. The quantitative estimate of drug-likeness (QED) is 0.139. The second-order valence-electron chi connectivity index (χ2n) is 15.1. The van der Waals surface area contributed by atoms with E-state index in [1.165, 1.54) is 39.1 Å². The van der Waals surface area contributed by atoms with Gasteiger partial charge in [-0.3, -0.25) is 0 Å². The highest BCUT2D eigenvalue weighted by Crippen LogP contribution is 2.39. The van der Waals surface area contributed by atoms with E-state index in [0.717, 1.165) is 46.8 Å². The van der Waals surface area contributed by atoms with E-state index in [9.17, 15) is 0 Å². The van der Waals surface area contributed by atoms with Crippen molar-refractivity contribution in [1.82, 2.24) is 0 Å². The Morgan fingerprint density at radius 1 is 0.444 bits per heavy atom. The maximum Gasteiger partial charge on any atom is 0.0467 e. The molecule has 0 radical (unpaired) electrons. The summed E-state index contributed by atoms with van der Waals surface area (Å²) in [6.07, 6.45) is 11.1. The number of fused-ring (bicyclic) bond motifs is 1. The summed E-state index contributed by atoms with van der Waals surface area (Å²) in [5.74, 6) is 0. The molecule has 7 aromatic rings.